The average Bonchev–Trinajstić information content (AvgIpc) is 3.35. The molecular formula is C54H76N8O12. The number of nitrogens with zero attached hydrogens (tertiary/aromatic N) is 6. The lowest BCUT2D eigenvalue weighted by Gasteiger charge is -2.37. The van der Waals surface area contributed by atoms with Crippen molar-refractivity contribution in [3.63, 3.8) is 0 Å². The summed E-state index contributed by atoms with van der Waals surface area (Å²) in [6, 6.07) is 25.0. The summed E-state index contributed by atoms with van der Waals surface area (Å²) in [5.74, 6) is -5.81. The molecule has 2 aromatic heterocycles. The van der Waals surface area contributed by atoms with Gasteiger partial charge in [0.1, 0.15) is 11.6 Å². The summed E-state index contributed by atoms with van der Waals surface area (Å²) < 4.78 is 0. The minimum Gasteiger partial charge on any atom is -0.478 e. The predicted octanol–water partition coefficient (Wildman–Crippen LogP) is 8.39. The number of carbonyl (C=O) groups is 6. The first-order valence-electron chi connectivity index (χ1n) is 24.1. The molecule has 2 aromatic carbocycles. The van der Waals surface area contributed by atoms with Crippen molar-refractivity contribution in [1.82, 2.24) is 30.2 Å². The zero-order valence-corrected chi connectivity index (χ0v) is 44.3. The zero-order chi connectivity index (χ0) is 56.3. The molecule has 0 radical (unpaired) electrons. The summed E-state index contributed by atoms with van der Waals surface area (Å²) in [5.41, 5.74) is 6.93. The Labute approximate surface area is 434 Å². The van der Waals surface area contributed by atoms with Gasteiger partial charge in [0.2, 0.25) is 0 Å². The van der Waals surface area contributed by atoms with E-state index in [1.165, 1.54) is 11.1 Å². The van der Waals surface area contributed by atoms with Gasteiger partial charge in [-0.15, -0.1) is 20.4 Å². The number of nitrogens with one attached hydrogen (secondary N) is 2. The quantitative estimate of drug-likeness (QED) is 0.0305. The zero-order valence-electron chi connectivity index (χ0n) is 44.3. The summed E-state index contributed by atoms with van der Waals surface area (Å²) >= 11 is 0. The van der Waals surface area contributed by atoms with Crippen LogP contribution in [0.15, 0.2) is 109 Å². The molecule has 4 rings (SSSR count). The molecule has 0 atom stereocenters. The maximum absolute atomic E-state index is 9.55. The van der Waals surface area contributed by atoms with E-state index in [4.69, 9.17) is 30.6 Å². The van der Waals surface area contributed by atoms with Gasteiger partial charge in [0, 0.05) is 71.8 Å². The van der Waals surface area contributed by atoms with Gasteiger partial charge in [-0.05, 0) is 90.0 Å². The number of aliphatic carboxylic acids is 6. The summed E-state index contributed by atoms with van der Waals surface area (Å²) in [5, 5.41) is 71.8. The van der Waals surface area contributed by atoms with E-state index in [1.807, 2.05) is 36.4 Å². The summed E-state index contributed by atoms with van der Waals surface area (Å²) in [6.07, 6.45) is 7.55. The molecule has 0 aliphatic rings. The van der Waals surface area contributed by atoms with E-state index in [9.17, 15) is 28.8 Å². The van der Waals surface area contributed by atoms with Gasteiger partial charge in [0.15, 0.2) is 0 Å². The molecule has 4 aromatic rings. The van der Waals surface area contributed by atoms with Crippen molar-refractivity contribution in [2.24, 2.45) is 0 Å². The molecule has 0 bridgehead atoms. The predicted molar refractivity (Wildman–Crippen MR) is 287 cm³/mol. The Balaban J connectivity index is 0.00000101. The highest BCUT2D eigenvalue weighted by molar-refractivity contribution is 5.90. The molecular weight excluding hydrogens is 953 g/mol. The summed E-state index contributed by atoms with van der Waals surface area (Å²) in [7, 11) is 0. The maximum Gasteiger partial charge on any atom is 0.328 e. The van der Waals surface area contributed by atoms with Crippen LogP contribution in [0, 0.1) is 0 Å². The number of likely N-dealkylation sites (N-methyl/N-ethyl adjacent to an activating group) is 2. The molecule has 8 N–H and O–H groups in total. The third-order valence-electron chi connectivity index (χ3n) is 10.6. The lowest BCUT2D eigenvalue weighted by molar-refractivity contribution is -0.134. The fourth-order valence-electron chi connectivity index (χ4n) is 7.06. The van der Waals surface area contributed by atoms with Gasteiger partial charge < -0.3 is 41.3 Å². The Morgan fingerprint density at radius 3 is 0.919 bits per heavy atom. The van der Waals surface area contributed by atoms with Crippen LogP contribution in [-0.4, -0.2) is 147 Å². The first kappa shape index (κ1) is 66.2. The number of aryl methyl sites for hydroxylation is 2. The van der Waals surface area contributed by atoms with Crippen LogP contribution in [-0.2, 0) is 41.6 Å². The molecule has 2 heterocycles. The highest BCUT2D eigenvalue weighted by atomic mass is 16.4. The average molecular weight is 1030 g/mol. The molecule has 0 aliphatic heterocycles. The lowest BCUT2D eigenvalue weighted by Crippen LogP contribution is -2.48. The van der Waals surface area contributed by atoms with Crippen LogP contribution in [0.2, 0.25) is 0 Å². The number of carboxylic acid groups (broad SMARTS) is 6. The Morgan fingerprint density at radius 2 is 0.703 bits per heavy atom. The third-order valence-corrected chi connectivity index (χ3v) is 10.6. The first-order valence-corrected chi connectivity index (χ1v) is 24.1. The second kappa shape index (κ2) is 36.1. The molecule has 0 saturated carbocycles. The highest BCUT2D eigenvalue weighted by Gasteiger charge is 2.25. The SMILES string of the molecule is CCCc1cc(NCC(C)(C)N(CC)CC)nnc1-c1ccccc1.CCCc1cc(NCC(C)(C)N(CC)CC)nnc1-c1ccccc1.O=C(O)/C=C/C(=O)O.O=C(O)/C=C/C(=O)O.O=C(O)/C=C/C(=O)O. The van der Waals surface area contributed by atoms with Crippen LogP contribution in [0.5, 0.6) is 0 Å². The van der Waals surface area contributed by atoms with Crippen LogP contribution in [0.3, 0.4) is 0 Å². The van der Waals surface area contributed by atoms with Crippen molar-refractivity contribution < 1.29 is 59.4 Å². The van der Waals surface area contributed by atoms with E-state index in [0.29, 0.717) is 36.5 Å². The monoisotopic (exact) mass is 1030 g/mol. The molecule has 0 aliphatic carbocycles. The smallest absolute Gasteiger partial charge is 0.328 e. The number of anilines is 2. The van der Waals surface area contributed by atoms with Gasteiger partial charge in [-0.25, -0.2) is 28.8 Å². The van der Waals surface area contributed by atoms with Crippen molar-refractivity contribution in [1.29, 1.82) is 0 Å². The standard InChI is InChI=1S/2C21H32N4.3C4H4O4/c2*1-6-12-18-15-19(22-16-21(4,5)25(7-2)8-3)23-24-20(18)17-13-10-9-11-14-17;3*5-3(6)1-2-4(7)8/h2*9-11,13-15H,6-8,12,16H2,1-5H3,(H,22,23);3*1-2H,(H,5,6)(H,7,8)/b;;3*2-1+. The van der Waals surface area contributed by atoms with E-state index < -0.39 is 35.8 Å². The fraction of sp³-hybridized carbons (Fsp3) is 0.407. The lowest BCUT2D eigenvalue weighted by atomic mass is 10.0. The van der Waals surface area contributed by atoms with E-state index in [1.54, 1.807) is 0 Å². The molecule has 20 nitrogen and oxygen atoms in total. The van der Waals surface area contributed by atoms with Gasteiger partial charge in [-0.1, -0.05) is 115 Å². The van der Waals surface area contributed by atoms with Crippen LogP contribution < -0.4 is 10.6 Å². The number of carboxylic acids is 6. The van der Waals surface area contributed by atoms with Crippen molar-refractivity contribution in [2.75, 3.05) is 49.9 Å². The summed E-state index contributed by atoms with van der Waals surface area (Å²) in [6.45, 7) is 28.2. The Bertz CT molecular complexity index is 2170. The Hall–Kier alpha value is -7.84. The third kappa shape index (κ3) is 28.3. The van der Waals surface area contributed by atoms with Gasteiger partial charge >= 0.3 is 35.8 Å². The molecule has 0 amide bonds. The number of benzene rings is 2. The molecule has 404 valence electrons. The normalized spacial score (nSPS) is 11.0. The molecule has 20 heteroatoms. The minimum absolute atomic E-state index is 0.0776. The molecule has 0 unspecified atom stereocenters. The fourth-order valence-corrected chi connectivity index (χ4v) is 7.06. The highest BCUT2D eigenvalue weighted by Crippen LogP contribution is 2.26. The van der Waals surface area contributed by atoms with Crippen molar-refractivity contribution in [3.8, 4) is 22.5 Å². The molecule has 0 saturated heterocycles. The number of hydrogen-bond acceptors (Lipinski definition) is 14. The van der Waals surface area contributed by atoms with Crippen molar-refractivity contribution in [2.45, 2.75) is 106 Å². The van der Waals surface area contributed by atoms with Crippen LogP contribution >= 0.6 is 0 Å². The minimum atomic E-state index is -1.26. The van der Waals surface area contributed by atoms with Gasteiger partial charge in [-0.2, -0.15) is 0 Å². The van der Waals surface area contributed by atoms with E-state index in [0.717, 1.165) is 99.1 Å². The van der Waals surface area contributed by atoms with Gasteiger partial charge in [-0.3, -0.25) is 9.80 Å². The topological polar surface area (TPSA) is 306 Å². The molecule has 0 fully saturated rings. The van der Waals surface area contributed by atoms with Gasteiger partial charge in [0.25, 0.3) is 0 Å². The molecule has 74 heavy (non-hydrogen) atoms. The van der Waals surface area contributed by atoms with E-state index in [2.05, 4.69) is 146 Å². The Kier molecular flexibility index (Phi) is 32.3. The second-order valence-electron chi connectivity index (χ2n) is 17.1. The van der Waals surface area contributed by atoms with Crippen LogP contribution in [0.4, 0.5) is 11.6 Å². The Morgan fingerprint density at radius 1 is 0.446 bits per heavy atom. The van der Waals surface area contributed by atoms with Crippen molar-refractivity contribution >= 4 is 47.5 Å². The second-order valence-corrected chi connectivity index (χ2v) is 17.1. The molecule has 0 spiro atoms. The largest absolute Gasteiger partial charge is 0.478 e. The first-order chi connectivity index (χ1) is 34.9. The maximum atomic E-state index is 9.55. The number of hydrogen-bond donors (Lipinski definition) is 8. The summed E-state index contributed by atoms with van der Waals surface area (Å²) in [4.78, 5) is 62.2. The van der Waals surface area contributed by atoms with Crippen molar-refractivity contribution in [3.05, 3.63) is 120 Å². The van der Waals surface area contributed by atoms with E-state index in [-0.39, 0.29) is 11.1 Å². The van der Waals surface area contributed by atoms with Gasteiger partial charge in [0.05, 0.1) is 11.4 Å². The number of aromatic nitrogens is 4. The van der Waals surface area contributed by atoms with Crippen LogP contribution in [0.25, 0.3) is 22.5 Å². The van der Waals surface area contributed by atoms with E-state index >= 15 is 0 Å². The number of rotatable bonds is 24. The van der Waals surface area contributed by atoms with Crippen LogP contribution in [0.1, 0.15) is 93.2 Å².